The fraction of sp³-hybridized carbons (Fsp3) is 0.519. The van der Waals surface area contributed by atoms with Crippen LogP contribution in [0.25, 0.3) is 11.3 Å². The number of benzene rings is 1. The van der Waals surface area contributed by atoms with E-state index < -0.39 is 0 Å². The standard InChI is InChI=1S/C27H33FN6/c1-19-16-21(6-7-23(19)28)25-17-34(15-14-32-10-3-11-32)26(31-25)20-8-12-33(13-9-20)27-22-4-2-5-24(22)29-18-30-27/h6-7,16-18,20H,2-5,8-15H2,1H3. The number of aromatic nitrogens is 4. The number of fused-ring (bicyclic) bond motifs is 1. The Hall–Kier alpha value is -2.80. The summed E-state index contributed by atoms with van der Waals surface area (Å²) in [6.07, 6.45) is 10.8. The van der Waals surface area contributed by atoms with Crippen molar-refractivity contribution in [2.75, 3.05) is 37.6 Å². The average Bonchev–Trinajstić information content (AvgIpc) is 3.47. The molecule has 1 aliphatic carbocycles. The summed E-state index contributed by atoms with van der Waals surface area (Å²) in [7, 11) is 0. The van der Waals surface area contributed by atoms with Crippen molar-refractivity contribution in [3.05, 3.63) is 59.2 Å². The number of hydrogen-bond donors (Lipinski definition) is 0. The number of aryl methyl sites for hydroxylation is 2. The van der Waals surface area contributed by atoms with E-state index >= 15 is 0 Å². The van der Waals surface area contributed by atoms with Crippen molar-refractivity contribution in [3.8, 4) is 11.3 Å². The zero-order valence-electron chi connectivity index (χ0n) is 20.0. The second-order valence-corrected chi connectivity index (χ2v) is 10.1. The SMILES string of the molecule is Cc1cc(-c2cn(CCN3CCC3)c(C3CCN(c4ncnc5c4CCC5)CC3)n2)ccc1F. The first kappa shape index (κ1) is 21.7. The van der Waals surface area contributed by atoms with E-state index in [-0.39, 0.29) is 5.82 Å². The van der Waals surface area contributed by atoms with Gasteiger partial charge in [-0.2, -0.15) is 0 Å². The van der Waals surface area contributed by atoms with Crippen LogP contribution in [0.2, 0.25) is 0 Å². The molecule has 6 rings (SSSR count). The first-order valence-corrected chi connectivity index (χ1v) is 12.8. The molecule has 0 amide bonds. The maximum atomic E-state index is 13.9. The summed E-state index contributed by atoms with van der Waals surface area (Å²) in [5.41, 5.74) is 5.23. The van der Waals surface area contributed by atoms with Crippen molar-refractivity contribution in [3.63, 3.8) is 0 Å². The van der Waals surface area contributed by atoms with E-state index in [2.05, 4.69) is 30.5 Å². The molecule has 0 N–H and O–H groups in total. The molecule has 2 aliphatic heterocycles. The van der Waals surface area contributed by atoms with Gasteiger partial charge in [0.25, 0.3) is 0 Å². The molecule has 0 spiro atoms. The third-order valence-electron chi connectivity index (χ3n) is 7.88. The van der Waals surface area contributed by atoms with Crippen LogP contribution < -0.4 is 4.90 Å². The molecule has 0 unspecified atom stereocenters. The number of piperidine rings is 1. The van der Waals surface area contributed by atoms with Gasteiger partial charge in [-0.05, 0) is 82.3 Å². The molecule has 0 radical (unpaired) electrons. The Labute approximate surface area is 200 Å². The van der Waals surface area contributed by atoms with E-state index in [0.29, 0.717) is 11.5 Å². The average molecular weight is 461 g/mol. The number of imidazole rings is 1. The maximum absolute atomic E-state index is 13.9. The van der Waals surface area contributed by atoms with Gasteiger partial charge in [0.15, 0.2) is 0 Å². The number of rotatable bonds is 6. The molecule has 3 aromatic rings. The van der Waals surface area contributed by atoms with E-state index in [1.165, 1.54) is 43.0 Å². The summed E-state index contributed by atoms with van der Waals surface area (Å²) in [5, 5.41) is 0. The Morgan fingerprint density at radius 3 is 2.62 bits per heavy atom. The monoisotopic (exact) mass is 460 g/mol. The van der Waals surface area contributed by atoms with Crippen molar-refractivity contribution in [1.29, 1.82) is 0 Å². The quantitative estimate of drug-likeness (QED) is 0.547. The number of halogens is 1. The molecule has 178 valence electrons. The highest BCUT2D eigenvalue weighted by Gasteiger charge is 2.29. The lowest BCUT2D eigenvalue weighted by atomic mass is 9.95. The topological polar surface area (TPSA) is 50.1 Å². The Morgan fingerprint density at radius 2 is 1.85 bits per heavy atom. The van der Waals surface area contributed by atoms with Crippen molar-refractivity contribution in [1.82, 2.24) is 24.4 Å². The molecule has 2 fully saturated rings. The minimum Gasteiger partial charge on any atom is -0.356 e. The van der Waals surface area contributed by atoms with Crippen LogP contribution in [0.3, 0.4) is 0 Å². The van der Waals surface area contributed by atoms with Gasteiger partial charge in [-0.15, -0.1) is 0 Å². The summed E-state index contributed by atoms with van der Waals surface area (Å²) < 4.78 is 16.2. The molecule has 0 atom stereocenters. The van der Waals surface area contributed by atoms with Crippen LogP contribution in [0.15, 0.2) is 30.7 Å². The molecule has 3 aliphatic rings. The minimum atomic E-state index is -0.162. The van der Waals surface area contributed by atoms with Crippen LogP contribution >= 0.6 is 0 Å². The number of anilines is 1. The molecular weight excluding hydrogens is 427 g/mol. The summed E-state index contributed by atoms with van der Waals surface area (Å²) in [6, 6.07) is 5.33. The lowest BCUT2D eigenvalue weighted by Gasteiger charge is -2.34. The highest BCUT2D eigenvalue weighted by atomic mass is 19.1. The predicted molar refractivity (Wildman–Crippen MR) is 132 cm³/mol. The normalized spacial score (nSPS) is 18.8. The van der Waals surface area contributed by atoms with E-state index in [0.717, 1.165) is 68.9 Å². The van der Waals surface area contributed by atoms with Crippen LogP contribution in [0, 0.1) is 12.7 Å². The minimum absolute atomic E-state index is 0.162. The second kappa shape index (κ2) is 9.10. The maximum Gasteiger partial charge on any atom is 0.135 e. The lowest BCUT2D eigenvalue weighted by molar-refractivity contribution is 0.173. The third kappa shape index (κ3) is 4.11. The number of hydrogen-bond acceptors (Lipinski definition) is 5. The summed E-state index contributed by atoms with van der Waals surface area (Å²) in [4.78, 5) is 19.3. The molecule has 2 aromatic heterocycles. The van der Waals surface area contributed by atoms with Gasteiger partial charge in [0, 0.05) is 55.1 Å². The molecule has 4 heterocycles. The van der Waals surface area contributed by atoms with Gasteiger partial charge in [0.2, 0.25) is 0 Å². The van der Waals surface area contributed by atoms with Crippen LogP contribution in [0.1, 0.15) is 54.2 Å². The summed E-state index contributed by atoms with van der Waals surface area (Å²) >= 11 is 0. The van der Waals surface area contributed by atoms with Crippen molar-refractivity contribution >= 4 is 5.82 Å². The fourth-order valence-corrected chi connectivity index (χ4v) is 5.70. The molecule has 0 bridgehead atoms. The van der Waals surface area contributed by atoms with Gasteiger partial charge in [0.05, 0.1) is 5.69 Å². The van der Waals surface area contributed by atoms with Crippen molar-refractivity contribution < 1.29 is 4.39 Å². The Morgan fingerprint density at radius 1 is 1.00 bits per heavy atom. The number of nitrogens with zero attached hydrogens (tertiary/aromatic N) is 6. The van der Waals surface area contributed by atoms with E-state index in [9.17, 15) is 4.39 Å². The lowest BCUT2D eigenvalue weighted by Crippen LogP contribution is -2.39. The molecule has 2 saturated heterocycles. The first-order chi connectivity index (χ1) is 16.7. The van der Waals surface area contributed by atoms with E-state index in [1.807, 2.05) is 19.1 Å². The summed E-state index contributed by atoms with van der Waals surface area (Å²) in [6.45, 7) is 8.25. The zero-order chi connectivity index (χ0) is 23.1. The van der Waals surface area contributed by atoms with E-state index in [4.69, 9.17) is 4.98 Å². The Balaban J connectivity index is 1.23. The molecule has 34 heavy (non-hydrogen) atoms. The molecule has 0 saturated carbocycles. The molecular formula is C27H33FN6. The molecule has 6 nitrogen and oxygen atoms in total. The van der Waals surface area contributed by atoms with Crippen molar-refractivity contribution in [2.45, 2.75) is 57.9 Å². The largest absolute Gasteiger partial charge is 0.356 e. The van der Waals surface area contributed by atoms with Gasteiger partial charge >= 0.3 is 0 Å². The van der Waals surface area contributed by atoms with Gasteiger partial charge in [-0.1, -0.05) is 0 Å². The Bertz CT molecular complexity index is 1180. The summed E-state index contributed by atoms with van der Waals surface area (Å²) in [5.74, 6) is 2.61. The highest BCUT2D eigenvalue weighted by Crippen LogP contribution is 2.34. The van der Waals surface area contributed by atoms with Crippen LogP contribution in [0.4, 0.5) is 10.2 Å². The Kier molecular flexibility index (Phi) is 5.81. The molecule has 7 heteroatoms. The van der Waals surface area contributed by atoms with Crippen LogP contribution in [-0.2, 0) is 19.4 Å². The van der Waals surface area contributed by atoms with Gasteiger partial charge in [-0.3, -0.25) is 0 Å². The highest BCUT2D eigenvalue weighted by molar-refractivity contribution is 5.60. The van der Waals surface area contributed by atoms with Crippen molar-refractivity contribution in [2.24, 2.45) is 0 Å². The number of likely N-dealkylation sites (tertiary alicyclic amines) is 1. The first-order valence-electron chi connectivity index (χ1n) is 12.8. The molecule has 1 aromatic carbocycles. The smallest absolute Gasteiger partial charge is 0.135 e. The zero-order valence-corrected chi connectivity index (χ0v) is 20.0. The second-order valence-electron chi connectivity index (χ2n) is 10.1. The fourth-order valence-electron chi connectivity index (χ4n) is 5.70. The van der Waals surface area contributed by atoms with E-state index in [1.54, 1.807) is 12.4 Å². The third-order valence-corrected chi connectivity index (χ3v) is 7.88. The van der Waals surface area contributed by atoms with Crippen LogP contribution in [0.5, 0.6) is 0 Å². The van der Waals surface area contributed by atoms with Gasteiger partial charge < -0.3 is 14.4 Å². The van der Waals surface area contributed by atoms with Gasteiger partial charge in [0.1, 0.15) is 23.8 Å². The predicted octanol–water partition coefficient (Wildman–Crippen LogP) is 4.37. The van der Waals surface area contributed by atoms with Gasteiger partial charge in [-0.25, -0.2) is 19.3 Å². The van der Waals surface area contributed by atoms with Crippen LogP contribution in [-0.4, -0.2) is 57.1 Å².